The zero-order chi connectivity index (χ0) is 30.2. The van der Waals surface area contributed by atoms with Gasteiger partial charge in [-0.25, -0.2) is 4.79 Å². The minimum atomic E-state index is -0.977. The van der Waals surface area contributed by atoms with Gasteiger partial charge in [-0.15, -0.1) is 0 Å². The molecule has 218 valence electrons. The highest BCUT2D eigenvalue weighted by atomic mass is 35.5. The summed E-state index contributed by atoms with van der Waals surface area (Å²) in [6.07, 6.45) is 7.99. The molecule has 0 aliphatic heterocycles. The van der Waals surface area contributed by atoms with Gasteiger partial charge in [0.1, 0.15) is 0 Å². The fraction of sp³-hybridized carbons (Fsp3) is 0.219. The number of methoxy groups -OCH3 is 1. The molecule has 0 saturated carbocycles. The average Bonchev–Trinajstić information content (AvgIpc) is 3.72. The van der Waals surface area contributed by atoms with Crippen molar-refractivity contribution in [3.63, 3.8) is 0 Å². The topological polar surface area (TPSA) is 95.2 Å². The normalized spacial score (nSPS) is 16.5. The number of aromatic amines is 2. The number of nitrogens with one attached hydrogen (secondary N) is 2. The second-order valence-corrected chi connectivity index (χ2v) is 11.5. The maximum atomic E-state index is 11.3. The van der Waals surface area contributed by atoms with E-state index in [4.69, 9.17) is 56.9 Å². The first-order valence-electron chi connectivity index (χ1n) is 13.2. The zero-order valence-corrected chi connectivity index (χ0v) is 25.8. The first kappa shape index (κ1) is 31.6. The summed E-state index contributed by atoms with van der Waals surface area (Å²) in [5.41, 5.74) is 6.81. The lowest BCUT2D eigenvalue weighted by Gasteiger charge is -2.04. The van der Waals surface area contributed by atoms with Crippen LogP contribution in [0.25, 0.3) is 6.08 Å². The molecular formula is C32H29Cl3N2O4S. The molecule has 3 N–H and O–H groups in total. The number of carbonyl (C=O) groups is 2. The number of aromatic nitrogens is 2. The molecule has 6 nitrogen and oxygen atoms in total. The van der Waals surface area contributed by atoms with E-state index in [2.05, 4.69) is 16.0 Å². The average molecular weight is 644 g/mol. The SMILES string of the molecule is COC(=O)C1Cc2cccc(Cl)c2C1.O=C(O)/C=C/c1ccccc1Cl.S=c1[nH]cc(C2Cc3cccc(Cl)c3C2)[nH]1. The Labute approximate surface area is 264 Å². The highest BCUT2D eigenvalue weighted by molar-refractivity contribution is 7.71. The van der Waals surface area contributed by atoms with E-state index in [0.29, 0.717) is 27.7 Å². The summed E-state index contributed by atoms with van der Waals surface area (Å²) < 4.78 is 5.41. The Bertz CT molecular complexity index is 1660. The van der Waals surface area contributed by atoms with Gasteiger partial charge in [-0.05, 0) is 90.0 Å². The number of rotatable bonds is 4. The maximum Gasteiger partial charge on any atom is 0.328 e. The summed E-state index contributed by atoms with van der Waals surface area (Å²) in [7, 11) is 1.42. The van der Waals surface area contributed by atoms with Crippen molar-refractivity contribution >= 4 is 65.0 Å². The molecule has 2 unspecified atom stereocenters. The molecule has 2 aliphatic rings. The predicted molar refractivity (Wildman–Crippen MR) is 170 cm³/mol. The van der Waals surface area contributed by atoms with Crippen LogP contribution in [0.3, 0.4) is 0 Å². The molecule has 2 aliphatic carbocycles. The van der Waals surface area contributed by atoms with Crippen molar-refractivity contribution in [2.75, 3.05) is 7.11 Å². The lowest BCUT2D eigenvalue weighted by Crippen LogP contribution is -2.15. The number of carboxylic acid groups (broad SMARTS) is 1. The Morgan fingerprint density at radius 1 is 0.881 bits per heavy atom. The van der Waals surface area contributed by atoms with E-state index in [1.807, 2.05) is 36.5 Å². The first-order valence-corrected chi connectivity index (χ1v) is 14.7. The van der Waals surface area contributed by atoms with E-state index in [-0.39, 0.29) is 11.9 Å². The highest BCUT2D eigenvalue weighted by Gasteiger charge is 2.29. The standard InChI is InChI=1S/C12H11ClN2S.C11H11ClO2.C9H7ClO2/c13-10-3-1-2-7-4-8(5-9(7)10)11-6-14-12(16)15-11;1-14-11(13)8-5-7-3-2-4-10(12)9(7)6-8;10-8-4-2-1-3-7(8)5-6-9(11)12/h1-3,6,8H,4-5H2,(H2,14,15,16);2-4,8H,5-6H2,1H3;1-6H,(H,11,12)/b;;6-5+. The molecule has 0 spiro atoms. The van der Waals surface area contributed by atoms with Gasteiger partial charge in [0.15, 0.2) is 4.77 Å². The number of H-pyrrole nitrogens is 2. The first-order chi connectivity index (χ1) is 20.2. The Balaban J connectivity index is 0.000000147. The molecule has 3 aromatic carbocycles. The third-order valence-electron chi connectivity index (χ3n) is 7.17. The summed E-state index contributed by atoms with van der Waals surface area (Å²) in [6.45, 7) is 0. The lowest BCUT2D eigenvalue weighted by atomic mass is 10.0. The van der Waals surface area contributed by atoms with Gasteiger partial charge in [0.05, 0.1) is 13.0 Å². The summed E-state index contributed by atoms with van der Waals surface area (Å²) in [6, 6.07) is 19.0. The molecule has 2 atom stereocenters. The Hall–Kier alpha value is -3.36. The van der Waals surface area contributed by atoms with Gasteiger partial charge in [-0.3, -0.25) is 4.79 Å². The van der Waals surface area contributed by atoms with Crippen LogP contribution < -0.4 is 0 Å². The van der Waals surface area contributed by atoms with E-state index < -0.39 is 5.97 Å². The molecule has 10 heteroatoms. The van der Waals surface area contributed by atoms with Crippen molar-refractivity contribution in [2.24, 2.45) is 5.92 Å². The van der Waals surface area contributed by atoms with Gasteiger partial charge in [0, 0.05) is 39.0 Å². The minimum absolute atomic E-state index is 0.0464. The van der Waals surface area contributed by atoms with Gasteiger partial charge in [-0.2, -0.15) is 0 Å². The summed E-state index contributed by atoms with van der Waals surface area (Å²) in [5, 5.41) is 10.5. The van der Waals surface area contributed by atoms with Crippen LogP contribution in [-0.4, -0.2) is 34.1 Å². The number of hydrogen-bond donors (Lipinski definition) is 3. The van der Waals surface area contributed by atoms with Crippen LogP contribution in [0.2, 0.25) is 15.1 Å². The largest absolute Gasteiger partial charge is 0.478 e. The van der Waals surface area contributed by atoms with Gasteiger partial charge >= 0.3 is 11.9 Å². The molecule has 4 aromatic rings. The predicted octanol–water partition coefficient (Wildman–Crippen LogP) is 8.27. The smallest absolute Gasteiger partial charge is 0.328 e. The van der Waals surface area contributed by atoms with Crippen LogP contribution in [-0.2, 0) is 40.0 Å². The molecule has 42 heavy (non-hydrogen) atoms. The molecule has 0 radical (unpaired) electrons. The molecule has 6 rings (SSSR count). The van der Waals surface area contributed by atoms with Gasteiger partial charge in [0.2, 0.25) is 0 Å². The van der Waals surface area contributed by atoms with Crippen LogP contribution in [0.1, 0.15) is 39.4 Å². The number of ether oxygens (including phenoxy) is 1. The monoisotopic (exact) mass is 642 g/mol. The number of imidazole rings is 1. The number of benzene rings is 3. The van der Waals surface area contributed by atoms with Crippen LogP contribution in [0.5, 0.6) is 0 Å². The van der Waals surface area contributed by atoms with Crippen LogP contribution >= 0.6 is 47.0 Å². The molecule has 0 saturated heterocycles. The minimum Gasteiger partial charge on any atom is -0.478 e. The number of aliphatic carboxylic acids is 1. The Kier molecular flexibility index (Phi) is 11.0. The molecule has 0 amide bonds. The Morgan fingerprint density at radius 2 is 1.50 bits per heavy atom. The van der Waals surface area contributed by atoms with Crippen molar-refractivity contribution in [2.45, 2.75) is 31.6 Å². The number of esters is 1. The van der Waals surface area contributed by atoms with Crippen LogP contribution in [0.15, 0.2) is 72.9 Å². The van der Waals surface area contributed by atoms with E-state index in [9.17, 15) is 9.59 Å². The second-order valence-electron chi connectivity index (χ2n) is 9.88. The van der Waals surface area contributed by atoms with E-state index in [1.165, 1.54) is 35.6 Å². The van der Waals surface area contributed by atoms with Crippen molar-refractivity contribution < 1.29 is 19.4 Å². The van der Waals surface area contributed by atoms with Crippen molar-refractivity contribution in [3.05, 3.63) is 126 Å². The van der Waals surface area contributed by atoms with Crippen molar-refractivity contribution in [3.8, 4) is 0 Å². The van der Waals surface area contributed by atoms with E-state index >= 15 is 0 Å². The molecule has 0 fully saturated rings. The molecule has 1 aromatic heterocycles. The van der Waals surface area contributed by atoms with Gasteiger partial charge < -0.3 is 19.8 Å². The number of fused-ring (bicyclic) bond motifs is 2. The van der Waals surface area contributed by atoms with Gasteiger partial charge in [0.25, 0.3) is 0 Å². The quantitative estimate of drug-likeness (QED) is 0.118. The molecular weight excluding hydrogens is 615 g/mol. The summed E-state index contributed by atoms with van der Waals surface area (Å²) in [4.78, 5) is 27.7. The third-order valence-corrected chi connectivity index (χ3v) is 8.44. The Morgan fingerprint density at radius 3 is 2.05 bits per heavy atom. The van der Waals surface area contributed by atoms with Crippen molar-refractivity contribution in [1.29, 1.82) is 0 Å². The van der Waals surface area contributed by atoms with Crippen LogP contribution in [0, 0.1) is 10.7 Å². The summed E-state index contributed by atoms with van der Waals surface area (Å²) in [5.74, 6) is -0.690. The van der Waals surface area contributed by atoms with E-state index in [1.54, 1.807) is 24.3 Å². The second kappa shape index (κ2) is 14.7. The summed E-state index contributed by atoms with van der Waals surface area (Å²) >= 11 is 23.0. The number of hydrogen-bond acceptors (Lipinski definition) is 4. The van der Waals surface area contributed by atoms with Crippen molar-refractivity contribution in [1.82, 2.24) is 9.97 Å². The van der Waals surface area contributed by atoms with E-state index in [0.717, 1.165) is 40.9 Å². The zero-order valence-electron chi connectivity index (χ0n) is 22.7. The van der Waals surface area contributed by atoms with Crippen LogP contribution in [0.4, 0.5) is 0 Å². The number of halogens is 3. The molecule has 0 bridgehead atoms. The maximum absolute atomic E-state index is 11.3. The van der Waals surface area contributed by atoms with Gasteiger partial charge in [-0.1, -0.05) is 77.3 Å². The third kappa shape index (κ3) is 8.13. The fourth-order valence-corrected chi connectivity index (χ4v) is 6.02. The lowest BCUT2D eigenvalue weighted by molar-refractivity contribution is -0.145. The number of carboxylic acids is 1. The highest BCUT2D eigenvalue weighted by Crippen LogP contribution is 2.36. The fourth-order valence-electron chi connectivity index (χ4n) is 5.11. The number of carbonyl (C=O) groups excluding carboxylic acids is 1. The molecule has 1 heterocycles.